The van der Waals surface area contributed by atoms with Gasteiger partial charge in [0.1, 0.15) is 5.58 Å². The SMILES string of the molecule is c1ccc(-c2cccc3c2oc2c(N(c4ccc(-c5ccc6c7ccc8ccccc8c7n(-c7ccccc7)c6c5)cc4)c4cccc5c4sc4ccccc45)cccc23)cc1. The number of hydrogen-bond donors (Lipinski definition) is 0. The number of thiophene rings is 1. The molecule has 0 amide bonds. The molecule has 4 heteroatoms. The lowest BCUT2D eigenvalue weighted by Crippen LogP contribution is -2.10. The summed E-state index contributed by atoms with van der Waals surface area (Å²) >= 11 is 1.84. The van der Waals surface area contributed by atoms with Crippen molar-refractivity contribution >= 4 is 103 Å². The molecule has 0 aliphatic rings. The van der Waals surface area contributed by atoms with E-state index < -0.39 is 0 Å². The first-order valence-electron chi connectivity index (χ1n) is 21.1. The number of nitrogens with zero attached hydrogens (tertiary/aromatic N) is 2. The Morgan fingerprint density at radius 1 is 0.403 bits per heavy atom. The Morgan fingerprint density at radius 3 is 1.89 bits per heavy atom. The molecule has 0 saturated carbocycles. The van der Waals surface area contributed by atoms with Crippen LogP contribution in [0.2, 0.25) is 0 Å². The molecule has 0 N–H and O–H groups in total. The summed E-state index contributed by atoms with van der Waals surface area (Å²) in [5.41, 5.74) is 13.0. The van der Waals surface area contributed by atoms with Gasteiger partial charge in [0.2, 0.25) is 0 Å². The lowest BCUT2D eigenvalue weighted by molar-refractivity contribution is 0.670. The third-order valence-electron chi connectivity index (χ3n) is 12.6. The van der Waals surface area contributed by atoms with E-state index in [4.69, 9.17) is 4.42 Å². The first-order valence-corrected chi connectivity index (χ1v) is 21.9. The molecule has 0 fully saturated rings. The van der Waals surface area contributed by atoms with Crippen molar-refractivity contribution in [2.75, 3.05) is 4.90 Å². The Morgan fingerprint density at radius 2 is 1.05 bits per heavy atom. The molecule has 0 saturated heterocycles. The van der Waals surface area contributed by atoms with E-state index in [0.717, 1.165) is 61.4 Å². The number of para-hydroxylation sites is 3. The van der Waals surface area contributed by atoms with Crippen LogP contribution in [0.3, 0.4) is 0 Å². The highest BCUT2D eigenvalue weighted by Gasteiger charge is 2.24. The van der Waals surface area contributed by atoms with Gasteiger partial charge in [-0.25, -0.2) is 0 Å². The Kier molecular flexibility index (Phi) is 7.78. The fraction of sp³-hybridized carbons (Fsp3) is 0. The van der Waals surface area contributed by atoms with E-state index in [2.05, 4.69) is 228 Å². The second-order valence-corrected chi connectivity index (χ2v) is 17.1. The van der Waals surface area contributed by atoms with Gasteiger partial charge in [-0.1, -0.05) is 170 Å². The van der Waals surface area contributed by atoms with Crippen molar-refractivity contribution in [2.45, 2.75) is 0 Å². The predicted molar refractivity (Wildman–Crippen MR) is 264 cm³/mol. The summed E-state index contributed by atoms with van der Waals surface area (Å²) < 4.78 is 12.0. The van der Waals surface area contributed by atoms with Crippen LogP contribution in [0.25, 0.3) is 103 Å². The third-order valence-corrected chi connectivity index (χ3v) is 13.8. The molecule has 3 nitrogen and oxygen atoms in total. The van der Waals surface area contributed by atoms with E-state index in [1.54, 1.807) is 0 Å². The van der Waals surface area contributed by atoms with Crippen LogP contribution in [0.5, 0.6) is 0 Å². The average Bonchev–Trinajstić information content (AvgIpc) is 4.03. The molecule has 290 valence electrons. The molecule has 13 rings (SSSR count). The van der Waals surface area contributed by atoms with Gasteiger partial charge in [0.25, 0.3) is 0 Å². The van der Waals surface area contributed by atoms with Crippen LogP contribution in [0.15, 0.2) is 223 Å². The number of rotatable bonds is 6. The first kappa shape index (κ1) is 34.9. The standard InChI is InChI=1S/C58H36N2OS/c1-3-14-38(15-4-1)44-21-11-22-48-49-23-12-25-51(57(49)61-56(44)48)59(52-26-13-24-50-46-20-9-10-27-54(46)62-58(50)52)42-32-28-37(29-33-42)40-31-34-45-47-35-30-39-16-7-8-19-43(39)55(47)60(53(45)36-40)41-17-5-2-6-18-41/h1-36H. The van der Waals surface area contributed by atoms with E-state index >= 15 is 0 Å². The van der Waals surface area contributed by atoms with E-state index in [9.17, 15) is 0 Å². The van der Waals surface area contributed by atoms with Gasteiger partial charge in [0.05, 0.1) is 27.1 Å². The summed E-state index contributed by atoms with van der Waals surface area (Å²) in [6, 6.07) is 79.0. The van der Waals surface area contributed by atoms with E-state index in [1.807, 2.05) is 11.3 Å². The second-order valence-electron chi connectivity index (χ2n) is 16.0. The number of anilines is 3. The van der Waals surface area contributed by atoms with Crippen molar-refractivity contribution in [3.8, 4) is 27.9 Å². The molecule has 13 aromatic rings. The van der Waals surface area contributed by atoms with Crippen LogP contribution in [0.4, 0.5) is 17.1 Å². The van der Waals surface area contributed by atoms with Gasteiger partial charge in [-0.05, 0) is 70.6 Å². The molecule has 3 aromatic heterocycles. The lowest BCUT2D eigenvalue weighted by atomic mass is 10.0. The fourth-order valence-corrected chi connectivity index (χ4v) is 11.0. The fourth-order valence-electron chi connectivity index (χ4n) is 9.75. The Hall–Kier alpha value is -7.92. The molecule has 62 heavy (non-hydrogen) atoms. The van der Waals surface area contributed by atoms with Crippen LogP contribution in [-0.2, 0) is 0 Å². The van der Waals surface area contributed by atoms with Gasteiger partial charge >= 0.3 is 0 Å². The summed E-state index contributed by atoms with van der Waals surface area (Å²) in [6.07, 6.45) is 0. The van der Waals surface area contributed by atoms with Crippen molar-refractivity contribution in [1.29, 1.82) is 0 Å². The van der Waals surface area contributed by atoms with Crippen molar-refractivity contribution in [1.82, 2.24) is 4.57 Å². The van der Waals surface area contributed by atoms with Crippen molar-refractivity contribution < 1.29 is 4.42 Å². The minimum absolute atomic E-state index is 0.861. The molecule has 0 bridgehead atoms. The van der Waals surface area contributed by atoms with Crippen molar-refractivity contribution in [3.63, 3.8) is 0 Å². The third kappa shape index (κ3) is 5.30. The van der Waals surface area contributed by atoms with Crippen LogP contribution >= 0.6 is 11.3 Å². The number of fused-ring (bicyclic) bond motifs is 11. The minimum atomic E-state index is 0.861. The summed E-state index contributed by atoms with van der Waals surface area (Å²) in [4.78, 5) is 2.40. The second kappa shape index (κ2) is 13.8. The number of furan rings is 1. The zero-order valence-corrected chi connectivity index (χ0v) is 34.3. The van der Waals surface area contributed by atoms with Gasteiger partial charge in [-0.3, -0.25) is 0 Å². The van der Waals surface area contributed by atoms with Gasteiger partial charge in [0.15, 0.2) is 5.58 Å². The Balaban J connectivity index is 1.01. The summed E-state index contributed by atoms with van der Waals surface area (Å²) in [5, 5.41) is 9.71. The van der Waals surface area contributed by atoms with Gasteiger partial charge < -0.3 is 13.9 Å². The van der Waals surface area contributed by atoms with Crippen LogP contribution in [-0.4, -0.2) is 4.57 Å². The minimum Gasteiger partial charge on any atom is -0.453 e. The smallest absolute Gasteiger partial charge is 0.159 e. The quantitative estimate of drug-likeness (QED) is 0.167. The number of hydrogen-bond acceptors (Lipinski definition) is 3. The normalized spacial score (nSPS) is 11.9. The van der Waals surface area contributed by atoms with Crippen LogP contribution in [0.1, 0.15) is 0 Å². The van der Waals surface area contributed by atoms with Gasteiger partial charge in [0, 0.05) is 59.3 Å². The monoisotopic (exact) mass is 808 g/mol. The Bertz CT molecular complexity index is 3860. The zero-order chi connectivity index (χ0) is 40.7. The average molecular weight is 809 g/mol. The molecular weight excluding hydrogens is 773 g/mol. The molecule has 0 unspecified atom stereocenters. The van der Waals surface area contributed by atoms with E-state index in [0.29, 0.717) is 0 Å². The van der Waals surface area contributed by atoms with Crippen molar-refractivity contribution in [2.24, 2.45) is 0 Å². The molecular formula is C58H36N2OS. The molecule has 0 spiro atoms. The highest BCUT2D eigenvalue weighted by Crippen LogP contribution is 2.49. The first-order chi connectivity index (χ1) is 30.8. The zero-order valence-electron chi connectivity index (χ0n) is 33.5. The maximum atomic E-state index is 7.06. The summed E-state index contributed by atoms with van der Waals surface area (Å²) in [5.74, 6) is 0. The highest BCUT2D eigenvalue weighted by molar-refractivity contribution is 7.26. The molecule has 0 atom stereocenters. The van der Waals surface area contributed by atoms with Gasteiger partial charge in [-0.2, -0.15) is 0 Å². The summed E-state index contributed by atoms with van der Waals surface area (Å²) in [7, 11) is 0. The largest absolute Gasteiger partial charge is 0.453 e. The van der Waals surface area contributed by atoms with Crippen molar-refractivity contribution in [3.05, 3.63) is 218 Å². The topological polar surface area (TPSA) is 21.3 Å². The number of aromatic nitrogens is 1. The lowest BCUT2D eigenvalue weighted by Gasteiger charge is -2.26. The van der Waals surface area contributed by atoms with Crippen LogP contribution < -0.4 is 4.90 Å². The molecule has 10 aromatic carbocycles. The Labute approximate surface area is 361 Å². The summed E-state index contributed by atoms with van der Waals surface area (Å²) in [6.45, 7) is 0. The predicted octanol–water partition coefficient (Wildman–Crippen LogP) is 17.0. The molecule has 3 heterocycles. The molecule has 0 aliphatic heterocycles. The maximum absolute atomic E-state index is 7.06. The maximum Gasteiger partial charge on any atom is 0.159 e. The molecule has 0 radical (unpaired) electrons. The highest BCUT2D eigenvalue weighted by atomic mass is 32.1. The van der Waals surface area contributed by atoms with E-state index in [-0.39, 0.29) is 0 Å². The number of benzene rings is 10. The van der Waals surface area contributed by atoms with Gasteiger partial charge in [-0.15, -0.1) is 11.3 Å². The molecule has 0 aliphatic carbocycles. The van der Waals surface area contributed by atoms with Crippen LogP contribution in [0, 0.1) is 0 Å². The van der Waals surface area contributed by atoms with E-state index in [1.165, 1.54) is 58.3 Å².